The molecule has 0 spiro atoms. The van der Waals surface area contributed by atoms with Crippen molar-refractivity contribution in [1.29, 1.82) is 0 Å². The zero-order valence-corrected chi connectivity index (χ0v) is 15.0. The molecule has 4 rings (SSSR count). The number of rotatable bonds is 2. The minimum Gasteiger partial charge on any atom is -0.423 e. The van der Waals surface area contributed by atoms with Gasteiger partial charge in [0.2, 0.25) is 0 Å². The third-order valence-corrected chi connectivity index (χ3v) is 4.59. The second kappa shape index (κ2) is 6.74. The Balaban J connectivity index is 1.48. The fourth-order valence-corrected chi connectivity index (χ4v) is 3.14. The van der Waals surface area contributed by atoms with Gasteiger partial charge in [0, 0.05) is 32.4 Å². The van der Waals surface area contributed by atoms with Gasteiger partial charge in [-0.25, -0.2) is 4.98 Å². The molecule has 0 radical (unpaired) electrons. The summed E-state index contributed by atoms with van der Waals surface area (Å²) in [4.78, 5) is 29.6. The normalized spacial score (nSPS) is 15.3. The van der Waals surface area contributed by atoms with Crippen molar-refractivity contribution in [2.24, 2.45) is 0 Å². The minimum absolute atomic E-state index is 0.0764. The summed E-state index contributed by atoms with van der Waals surface area (Å²) >= 11 is 0. The van der Waals surface area contributed by atoms with Crippen molar-refractivity contribution >= 4 is 23.0 Å². The van der Waals surface area contributed by atoms with Crippen molar-refractivity contribution in [3.63, 3.8) is 0 Å². The zero-order chi connectivity index (χ0) is 18.1. The largest absolute Gasteiger partial charge is 0.423 e. The molecular formula is C19H21N5O2. The van der Waals surface area contributed by atoms with Crippen LogP contribution in [0.4, 0.5) is 6.01 Å². The van der Waals surface area contributed by atoms with Gasteiger partial charge in [0.15, 0.2) is 5.58 Å². The van der Waals surface area contributed by atoms with Crippen molar-refractivity contribution in [3.8, 4) is 0 Å². The maximum absolute atomic E-state index is 12.7. The second-order valence-corrected chi connectivity index (χ2v) is 6.64. The summed E-state index contributed by atoms with van der Waals surface area (Å²) in [5.74, 6) is -0.0764. The molecule has 1 saturated heterocycles. The van der Waals surface area contributed by atoms with E-state index in [1.807, 2.05) is 36.9 Å². The molecule has 1 amide bonds. The molecule has 1 aliphatic heterocycles. The quantitative estimate of drug-likeness (QED) is 0.706. The predicted molar refractivity (Wildman–Crippen MR) is 98.2 cm³/mol. The van der Waals surface area contributed by atoms with E-state index in [2.05, 4.69) is 19.9 Å². The molecular weight excluding hydrogens is 330 g/mol. The van der Waals surface area contributed by atoms with Gasteiger partial charge in [-0.15, -0.1) is 0 Å². The molecule has 7 heteroatoms. The monoisotopic (exact) mass is 351 g/mol. The zero-order valence-electron chi connectivity index (χ0n) is 15.0. The fourth-order valence-electron chi connectivity index (χ4n) is 3.14. The summed E-state index contributed by atoms with van der Waals surface area (Å²) in [5.41, 5.74) is 4.00. The molecule has 0 bridgehead atoms. The standard InChI is InChI=1S/C19H21N5O2/c1-13-4-5-17-15(10-13)22-19(26-17)24-7-3-6-23(8-9-24)18(25)16-12-20-14(2)11-21-16/h4-5,10-12H,3,6-9H2,1-2H3. The first kappa shape index (κ1) is 16.5. The van der Waals surface area contributed by atoms with Gasteiger partial charge in [0.05, 0.1) is 11.9 Å². The number of aryl methyl sites for hydroxylation is 2. The average Bonchev–Trinajstić information content (AvgIpc) is 2.89. The van der Waals surface area contributed by atoms with Gasteiger partial charge in [-0.05, 0) is 38.0 Å². The number of amides is 1. The number of oxazole rings is 1. The molecule has 134 valence electrons. The van der Waals surface area contributed by atoms with Crippen LogP contribution in [0, 0.1) is 13.8 Å². The van der Waals surface area contributed by atoms with Crippen LogP contribution in [0.15, 0.2) is 35.0 Å². The van der Waals surface area contributed by atoms with E-state index < -0.39 is 0 Å². The van der Waals surface area contributed by atoms with E-state index in [0.29, 0.717) is 31.3 Å². The Labute approximate surface area is 151 Å². The van der Waals surface area contributed by atoms with Crippen LogP contribution < -0.4 is 4.90 Å². The topological polar surface area (TPSA) is 75.4 Å². The van der Waals surface area contributed by atoms with E-state index in [9.17, 15) is 4.79 Å². The number of anilines is 1. The van der Waals surface area contributed by atoms with Gasteiger partial charge in [0.1, 0.15) is 11.2 Å². The number of benzene rings is 1. The van der Waals surface area contributed by atoms with Gasteiger partial charge >= 0.3 is 0 Å². The molecule has 0 atom stereocenters. The Hall–Kier alpha value is -2.96. The van der Waals surface area contributed by atoms with Crippen molar-refractivity contribution in [1.82, 2.24) is 19.9 Å². The first-order valence-electron chi connectivity index (χ1n) is 8.80. The third kappa shape index (κ3) is 3.24. The first-order chi connectivity index (χ1) is 12.6. The minimum atomic E-state index is -0.0764. The second-order valence-electron chi connectivity index (χ2n) is 6.64. The van der Waals surface area contributed by atoms with Gasteiger partial charge in [-0.2, -0.15) is 4.98 Å². The van der Waals surface area contributed by atoms with E-state index in [-0.39, 0.29) is 5.91 Å². The molecule has 3 aromatic rings. The van der Waals surface area contributed by atoms with E-state index >= 15 is 0 Å². The van der Waals surface area contributed by atoms with Gasteiger partial charge in [0.25, 0.3) is 11.9 Å². The molecule has 0 aliphatic carbocycles. The van der Waals surface area contributed by atoms with Crippen molar-refractivity contribution in [3.05, 3.63) is 47.5 Å². The molecule has 1 fully saturated rings. The highest BCUT2D eigenvalue weighted by molar-refractivity contribution is 5.92. The van der Waals surface area contributed by atoms with E-state index in [1.165, 1.54) is 0 Å². The summed E-state index contributed by atoms with van der Waals surface area (Å²) < 4.78 is 5.90. The number of hydrogen-bond acceptors (Lipinski definition) is 6. The summed E-state index contributed by atoms with van der Waals surface area (Å²) in [6.45, 7) is 6.66. The highest BCUT2D eigenvalue weighted by Gasteiger charge is 2.23. The lowest BCUT2D eigenvalue weighted by atomic mass is 10.2. The molecule has 1 aliphatic rings. The lowest BCUT2D eigenvalue weighted by molar-refractivity contribution is 0.0760. The third-order valence-electron chi connectivity index (χ3n) is 4.59. The maximum Gasteiger partial charge on any atom is 0.298 e. The van der Waals surface area contributed by atoms with Crippen LogP contribution in [0.1, 0.15) is 28.2 Å². The molecule has 2 aromatic heterocycles. The van der Waals surface area contributed by atoms with Gasteiger partial charge in [-0.3, -0.25) is 9.78 Å². The number of hydrogen-bond donors (Lipinski definition) is 0. The number of aromatic nitrogens is 3. The molecule has 1 aromatic carbocycles. The Kier molecular flexibility index (Phi) is 4.28. The van der Waals surface area contributed by atoms with Crippen LogP contribution >= 0.6 is 0 Å². The van der Waals surface area contributed by atoms with Crippen LogP contribution in [0.5, 0.6) is 0 Å². The molecule has 0 N–H and O–H groups in total. The Morgan fingerprint density at radius 3 is 2.77 bits per heavy atom. The highest BCUT2D eigenvalue weighted by Crippen LogP contribution is 2.23. The number of carbonyl (C=O) groups excluding carboxylic acids is 1. The molecule has 0 saturated carbocycles. The summed E-state index contributed by atoms with van der Waals surface area (Å²) in [5, 5.41) is 0. The first-order valence-corrected chi connectivity index (χ1v) is 8.80. The van der Waals surface area contributed by atoms with E-state index in [1.54, 1.807) is 12.4 Å². The number of carbonyl (C=O) groups is 1. The summed E-state index contributed by atoms with van der Waals surface area (Å²) in [7, 11) is 0. The van der Waals surface area contributed by atoms with Crippen LogP contribution in [0.25, 0.3) is 11.1 Å². The van der Waals surface area contributed by atoms with Crippen molar-refractivity contribution < 1.29 is 9.21 Å². The Morgan fingerprint density at radius 1 is 1.08 bits per heavy atom. The predicted octanol–water partition coefficient (Wildman–Crippen LogP) is 2.59. The van der Waals surface area contributed by atoms with E-state index in [4.69, 9.17) is 4.42 Å². The van der Waals surface area contributed by atoms with E-state index in [0.717, 1.165) is 35.3 Å². The van der Waals surface area contributed by atoms with Crippen LogP contribution in [-0.2, 0) is 0 Å². The van der Waals surface area contributed by atoms with Gasteiger partial charge in [-0.1, -0.05) is 6.07 Å². The van der Waals surface area contributed by atoms with Crippen molar-refractivity contribution in [2.45, 2.75) is 20.3 Å². The Morgan fingerprint density at radius 2 is 1.96 bits per heavy atom. The van der Waals surface area contributed by atoms with Crippen LogP contribution in [-0.4, -0.2) is 51.9 Å². The van der Waals surface area contributed by atoms with Gasteiger partial charge < -0.3 is 14.2 Å². The highest BCUT2D eigenvalue weighted by atomic mass is 16.4. The molecule has 3 heterocycles. The molecule has 0 unspecified atom stereocenters. The van der Waals surface area contributed by atoms with Crippen molar-refractivity contribution in [2.75, 3.05) is 31.1 Å². The molecule has 7 nitrogen and oxygen atoms in total. The smallest absolute Gasteiger partial charge is 0.298 e. The molecule has 26 heavy (non-hydrogen) atoms. The lowest BCUT2D eigenvalue weighted by Crippen LogP contribution is -2.35. The number of nitrogens with zero attached hydrogens (tertiary/aromatic N) is 5. The number of fused-ring (bicyclic) bond motifs is 1. The maximum atomic E-state index is 12.7. The average molecular weight is 351 g/mol. The fraction of sp³-hybridized carbons (Fsp3) is 0.368. The lowest BCUT2D eigenvalue weighted by Gasteiger charge is -2.20. The summed E-state index contributed by atoms with van der Waals surface area (Å²) in [6.07, 6.45) is 4.02. The summed E-state index contributed by atoms with van der Waals surface area (Å²) in [6, 6.07) is 6.61. The Bertz CT molecular complexity index is 935. The van der Waals surface area contributed by atoms with Crippen LogP contribution in [0.2, 0.25) is 0 Å². The SMILES string of the molecule is Cc1ccc2oc(N3CCCN(C(=O)c4cnc(C)cn4)CC3)nc2c1. The van der Waals surface area contributed by atoms with Crippen LogP contribution in [0.3, 0.4) is 0 Å².